The smallest absolute Gasteiger partial charge is 0.251 e. The molecule has 1 aliphatic heterocycles. The van der Waals surface area contributed by atoms with Crippen molar-refractivity contribution in [1.82, 2.24) is 20.5 Å². The van der Waals surface area contributed by atoms with Crippen LogP contribution in [0.15, 0.2) is 24.5 Å². The van der Waals surface area contributed by atoms with Crippen LogP contribution in [0, 0.1) is 5.92 Å². The molecule has 0 spiro atoms. The highest BCUT2D eigenvalue weighted by Crippen LogP contribution is 2.25. The van der Waals surface area contributed by atoms with Crippen molar-refractivity contribution in [3.8, 4) is 0 Å². The molecule has 0 radical (unpaired) electrons. The standard InChI is InChI=1S/C19H28N4O4/c24-17-2-1-15(18(25)21-7-8-23-9-11-27-12-10-23)13-16(17)22-19(26)14-3-5-20-6-4-14/h3-6,15-17,24H,1-2,7-13H2,(H,21,25)(H,22,26)/t15-,16+,17+/m0/s1. The summed E-state index contributed by atoms with van der Waals surface area (Å²) in [5, 5.41) is 16.1. The molecule has 1 aromatic rings. The van der Waals surface area contributed by atoms with E-state index in [4.69, 9.17) is 4.74 Å². The maximum Gasteiger partial charge on any atom is 0.251 e. The van der Waals surface area contributed by atoms with E-state index >= 15 is 0 Å². The largest absolute Gasteiger partial charge is 0.391 e. The summed E-state index contributed by atoms with van der Waals surface area (Å²) in [6.07, 6.45) is 4.05. The molecule has 1 aromatic heterocycles. The van der Waals surface area contributed by atoms with Crippen LogP contribution in [-0.2, 0) is 9.53 Å². The first kappa shape index (κ1) is 19.7. The average molecular weight is 376 g/mol. The number of amides is 2. The molecular weight excluding hydrogens is 348 g/mol. The summed E-state index contributed by atoms with van der Waals surface area (Å²) in [5.41, 5.74) is 0.495. The zero-order valence-corrected chi connectivity index (χ0v) is 15.5. The van der Waals surface area contributed by atoms with Crippen LogP contribution in [0.1, 0.15) is 29.6 Å². The molecule has 0 bridgehead atoms. The van der Waals surface area contributed by atoms with E-state index < -0.39 is 12.1 Å². The summed E-state index contributed by atoms with van der Waals surface area (Å²) in [6, 6.07) is 2.83. The molecule has 3 rings (SSSR count). The molecule has 2 aliphatic rings. The Hall–Kier alpha value is -2.03. The third-order valence-electron chi connectivity index (χ3n) is 5.27. The summed E-state index contributed by atoms with van der Waals surface area (Å²) in [6.45, 7) is 4.70. The second kappa shape index (κ2) is 9.77. The lowest BCUT2D eigenvalue weighted by molar-refractivity contribution is -0.127. The summed E-state index contributed by atoms with van der Waals surface area (Å²) in [4.78, 5) is 31.0. The Morgan fingerprint density at radius 3 is 2.70 bits per heavy atom. The Labute approximate surface area is 159 Å². The summed E-state index contributed by atoms with van der Waals surface area (Å²) in [7, 11) is 0. The van der Waals surface area contributed by atoms with Gasteiger partial charge < -0.3 is 20.5 Å². The van der Waals surface area contributed by atoms with E-state index in [0.29, 0.717) is 31.4 Å². The van der Waals surface area contributed by atoms with E-state index in [0.717, 1.165) is 32.8 Å². The first-order valence-corrected chi connectivity index (χ1v) is 9.60. The van der Waals surface area contributed by atoms with Crippen LogP contribution in [-0.4, -0.2) is 78.3 Å². The minimum atomic E-state index is -0.631. The molecule has 8 heteroatoms. The van der Waals surface area contributed by atoms with Gasteiger partial charge in [0.2, 0.25) is 5.91 Å². The minimum absolute atomic E-state index is 0.00156. The lowest BCUT2D eigenvalue weighted by Gasteiger charge is -2.33. The first-order chi connectivity index (χ1) is 13.1. The van der Waals surface area contributed by atoms with Crippen LogP contribution >= 0.6 is 0 Å². The van der Waals surface area contributed by atoms with E-state index in [1.165, 1.54) is 0 Å². The van der Waals surface area contributed by atoms with Gasteiger partial charge in [-0.05, 0) is 31.4 Å². The molecule has 2 amide bonds. The predicted molar refractivity (Wildman–Crippen MR) is 99.1 cm³/mol. The fourth-order valence-corrected chi connectivity index (χ4v) is 3.61. The van der Waals surface area contributed by atoms with E-state index in [1.54, 1.807) is 24.5 Å². The highest BCUT2D eigenvalue weighted by atomic mass is 16.5. The number of pyridine rings is 1. The first-order valence-electron chi connectivity index (χ1n) is 9.60. The van der Waals surface area contributed by atoms with Gasteiger partial charge in [0.05, 0.1) is 25.4 Å². The zero-order chi connectivity index (χ0) is 19.1. The molecule has 1 aliphatic carbocycles. The number of nitrogens with one attached hydrogen (secondary N) is 2. The molecule has 1 saturated heterocycles. The van der Waals surface area contributed by atoms with E-state index in [-0.39, 0.29) is 17.7 Å². The highest BCUT2D eigenvalue weighted by Gasteiger charge is 2.33. The van der Waals surface area contributed by atoms with Gasteiger partial charge in [-0.3, -0.25) is 19.5 Å². The zero-order valence-electron chi connectivity index (χ0n) is 15.5. The fraction of sp³-hybridized carbons (Fsp3) is 0.632. The van der Waals surface area contributed by atoms with E-state index in [1.807, 2.05) is 0 Å². The van der Waals surface area contributed by atoms with Crippen molar-refractivity contribution in [2.75, 3.05) is 39.4 Å². The highest BCUT2D eigenvalue weighted by molar-refractivity contribution is 5.94. The molecule has 3 N–H and O–H groups in total. The number of hydrogen-bond acceptors (Lipinski definition) is 6. The quantitative estimate of drug-likeness (QED) is 0.635. The van der Waals surface area contributed by atoms with Crippen LogP contribution in [0.25, 0.3) is 0 Å². The van der Waals surface area contributed by atoms with Crippen molar-refractivity contribution >= 4 is 11.8 Å². The Morgan fingerprint density at radius 1 is 1.22 bits per heavy atom. The molecule has 0 unspecified atom stereocenters. The van der Waals surface area contributed by atoms with Crippen molar-refractivity contribution in [3.05, 3.63) is 30.1 Å². The monoisotopic (exact) mass is 376 g/mol. The molecule has 2 heterocycles. The number of aliphatic hydroxyl groups is 1. The van der Waals surface area contributed by atoms with Gasteiger partial charge in [-0.15, -0.1) is 0 Å². The number of ether oxygens (including phenoxy) is 1. The lowest BCUT2D eigenvalue weighted by atomic mass is 9.83. The van der Waals surface area contributed by atoms with Crippen molar-refractivity contribution in [2.24, 2.45) is 5.92 Å². The molecule has 27 heavy (non-hydrogen) atoms. The molecule has 1 saturated carbocycles. The number of hydrogen-bond donors (Lipinski definition) is 3. The maximum atomic E-state index is 12.5. The van der Waals surface area contributed by atoms with Gasteiger partial charge in [0.15, 0.2) is 0 Å². The van der Waals surface area contributed by atoms with Gasteiger partial charge in [0, 0.05) is 50.1 Å². The number of nitrogens with zero attached hydrogens (tertiary/aromatic N) is 2. The van der Waals surface area contributed by atoms with Gasteiger partial charge in [0.25, 0.3) is 5.91 Å². The van der Waals surface area contributed by atoms with Gasteiger partial charge in [-0.25, -0.2) is 0 Å². The second-order valence-corrected chi connectivity index (χ2v) is 7.14. The van der Waals surface area contributed by atoms with Crippen LogP contribution < -0.4 is 10.6 Å². The van der Waals surface area contributed by atoms with Crippen LogP contribution in [0.5, 0.6) is 0 Å². The average Bonchev–Trinajstić information content (AvgIpc) is 2.71. The fourth-order valence-electron chi connectivity index (χ4n) is 3.61. The summed E-state index contributed by atoms with van der Waals surface area (Å²) in [5.74, 6) is -0.450. The minimum Gasteiger partial charge on any atom is -0.391 e. The van der Waals surface area contributed by atoms with Gasteiger partial charge in [-0.2, -0.15) is 0 Å². The normalized spacial score (nSPS) is 26.3. The van der Waals surface area contributed by atoms with E-state index in [2.05, 4.69) is 20.5 Å². The van der Waals surface area contributed by atoms with Crippen molar-refractivity contribution in [3.63, 3.8) is 0 Å². The third kappa shape index (κ3) is 5.72. The van der Waals surface area contributed by atoms with Crippen LogP contribution in [0.3, 0.4) is 0 Å². The molecule has 3 atom stereocenters. The Morgan fingerprint density at radius 2 is 1.96 bits per heavy atom. The molecule has 2 fully saturated rings. The van der Waals surface area contributed by atoms with Crippen LogP contribution in [0.4, 0.5) is 0 Å². The number of aliphatic hydroxyl groups excluding tert-OH is 1. The summed E-state index contributed by atoms with van der Waals surface area (Å²) >= 11 is 0. The lowest BCUT2D eigenvalue weighted by Crippen LogP contribution is -2.50. The molecule has 148 valence electrons. The Kier molecular flexibility index (Phi) is 7.14. The number of morpholine rings is 1. The number of rotatable bonds is 6. The summed E-state index contributed by atoms with van der Waals surface area (Å²) < 4.78 is 5.32. The number of carbonyl (C=O) groups excluding carboxylic acids is 2. The van der Waals surface area contributed by atoms with Crippen molar-refractivity contribution in [1.29, 1.82) is 0 Å². The van der Waals surface area contributed by atoms with Crippen molar-refractivity contribution in [2.45, 2.75) is 31.4 Å². The van der Waals surface area contributed by atoms with Crippen molar-refractivity contribution < 1.29 is 19.4 Å². The Bertz CT molecular complexity index is 621. The molecule has 0 aromatic carbocycles. The van der Waals surface area contributed by atoms with Gasteiger partial charge in [-0.1, -0.05) is 0 Å². The molecule has 8 nitrogen and oxygen atoms in total. The topological polar surface area (TPSA) is 104 Å². The third-order valence-corrected chi connectivity index (χ3v) is 5.27. The SMILES string of the molecule is O=C(N[C@@H]1C[C@@H](C(=O)NCCN2CCOCC2)CC[C@H]1O)c1ccncc1. The van der Waals surface area contributed by atoms with Gasteiger partial charge >= 0.3 is 0 Å². The molecular formula is C19H28N4O4. The van der Waals surface area contributed by atoms with E-state index in [9.17, 15) is 14.7 Å². The second-order valence-electron chi connectivity index (χ2n) is 7.14. The maximum absolute atomic E-state index is 12.5. The van der Waals surface area contributed by atoms with Crippen LogP contribution in [0.2, 0.25) is 0 Å². The number of carbonyl (C=O) groups is 2. The Balaban J connectivity index is 1.45. The predicted octanol–water partition coefficient (Wildman–Crippen LogP) is -0.211. The number of aromatic nitrogens is 1. The van der Waals surface area contributed by atoms with Gasteiger partial charge in [0.1, 0.15) is 0 Å².